The van der Waals surface area contributed by atoms with Crippen molar-refractivity contribution in [1.29, 1.82) is 0 Å². The third-order valence-corrected chi connectivity index (χ3v) is 7.89. The van der Waals surface area contributed by atoms with Crippen molar-refractivity contribution in [1.82, 2.24) is 0 Å². The number of nitrogens with one attached hydrogen (secondary N) is 1. The molecular formula is C28H28Cl4N2S. The zero-order valence-electron chi connectivity index (χ0n) is 19.7. The van der Waals surface area contributed by atoms with E-state index >= 15 is 0 Å². The van der Waals surface area contributed by atoms with E-state index in [4.69, 9.17) is 34.8 Å². The van der Waals surface area contributed by atoms with Crippen molar-refractivity contribution >= 4 is 63.0 Å². The highest BCUT2D eigenvalue weighted by Crippen LogP contribution is 2.38. The molecule has 0 saturated carbocycles. The maximum atomic E-state index is 6.34. The quantitative estimate of drug-likeness (QED) is 0.196. The lowest BCUT2D eigenvalue weighted by Crippen LogP contribution is -3.00. The fourth-order valence-corrected chi connectivity index (χ4v) is 5.62. The Morgan fingerprint density at radius 3 is 2.37 bits per heavy atom. The summed E-state index contributed by atoms with van der Waals surface area (Å²) in [5.41, 5.74) is 2.26. The second kappa shape index (κ2) is 12.6. The largest absolute Gasteiger partial charge is 1.00 e. The second-order valence-electron chi connectivity index (χ2n) is 9.07. The molecule has 0 saturated heterocycles. The third kappa shape index (κ3) is 7.69. The monoisotopic (exact) mass is 564 g/mol. The van der Waals surface area contributed by atoms with Crippen molar-refractivity contribution in [3.05, 3.63) is 99.5 Å². The highest BCUT2D eigenvalue weighted by molar-refractivity contribution is 7.99. The molecule has 0 amide bonds. The summed E-state index contributed by atoms with van der Waals surface area (Å²) >= 11 is 20.4. The van der Waals surface area contributed by atoms with Gasteiger partial charge in [-0.25, -0.2) is 0 Å². The van der Waals surface area contributed by atoms with Crippen LogP contribution in [-0.2, 0) is 6.54 Å². The van der Waals surface area contributed by atoms with Crippen molar-refractivity contribution in [3.8, 4) is 0 Å². The van der Waals surface area contributed by atoms with Crippen molar-refractivity contribution in [3.63, 3.8) is 0 Å². The third-order valence-electron chi connectivity index (χ3n) is 5.76. The number of benzene rings is 4. The molecule has 0 atom stereocenters. The van der Waals surface area contributed by atoms with Crippen LogP contribution < -0.4 is 17.7 Å². The number of nitrogens with zero attached hydrogens (tertiary/aromatic N) is 1. The average molecular weight is 566 g/mol. The number of rotatable bonds is 9. The molecule has 0 aliphatic heterocycles. The Hall–Kier alpha value is -1.59. The summed E-state index contributed by atoms with van der Waals surface area (Å²) in [4.78, 5) is 2.41. The number of hydrogen-bond donors (Lipinski definition) is 1. The smallest absolute Gasteiger partial charge is 0.104 e. The van der Waals surface area contributed by atoms with Gasteiger partial charge in [0.15, 0.2) is 0 Å². The van der Waals surface area contributed by atoms with Crippen LogP contribution in [0.5, 0.6) is 0 Å². The second-order valence-corrected chi connectivity index (χ2v) is 11.4. The van der Waals surface area contributed by atoms with Crippen LogP contribution in [0.1, 0.15) is 12.0 Å². The van der Waals surface area contributed by atoms with E-state index in [-0.39, 0.29) is 12.4 Å². The maximum Gasteiger partial charge on any atom is 0.104 e. The molecule has 4 aromatic rings. The first-order valence-corrected chi connectivity index (χ1v) is 13.2. The van der Waals surface area contributed by atoms with Gasteiger partial charge in [-0.1, -0.05) is 89.0 Å². The number of quaternary nitrogens is 1. The summed E-state index contributed by atoms with van der Waals surface area (Å²) in [6.45, 7) is 2.79. The predicted octanol–water partition coefficient (Wildman–Crippen LogP) is 6.03. The molecule has 0 spiro atoms. The Balaban J connectivity index is 0.00000342. The SMILES string of the molecule is C[N+](C)(CCCNc1cc(Cl)ccc1Sc1cccc2ccccc12)Cc1ccc(Cl)c(Cl)c1.[Cl-]. The van der Waals surface area contributed by atoms with E-state index in [1.54, 1.807) is 11.8 Å². The lowest BCUT2D eigenvalue weighted by Gasteiger charge is -2.30. The molecule has 0 heterocycles. The average Bonchev–Trinajstić information content (AvgIpc) is 2.81. The van der Waals surface area contributed by atoms with E-state index in [2.05, 4.69) is 74.0 Å². The molecular weight excluding hydrogens is 538 g/mol. The van der Waals surface area contributed by atoms with Crippen LogP contribution >= 0.6 is 46.6 Å². The van der Waals surface area contributed by atoms with Crippen molar-refractivity contribution in [2.24, 2.45) is 0 Å². The topological polar surface area (TPSA) is 12.0 Å². The summed E-state index contributed by atoms with van der Waals surface area (Å²) < 4.78 is 0.868. The lowest BCUT2D eigenvalue weighted by molar-refractivity contribution is -0.903. The first-order valence-electron chi connectivity index (χ1n) is 11.3. The van der Waals surface area contributed by atoms with E-state index in [1.165, 1.54) is 26.1 Å². The van der Waals surface area contributed by atoms with E-state index in [9.17, 15) is 0 Å². The van der Waals surface area contributed by atoms with Gasteiger partial charge in [0.2, 0.25) is 0 Å². The van der Waals surface area contributed by atoms with E-state index in [1.807, 2.05) is 24.3 Å². The normalized spacial score (nSPS) is 11.3. The van der Waals surface area contributed by atoms with Gasteiger partial charge in [0.25, 0.3) is 0 Å². The Morgan fingerprint density at radius 1 is 0.800 bits per heavy atom. The zero-order chi connectivity index (χ0) is 24.1. The van der Waals surface area contributed by atoms with Crippen LogP contribution in [-0.4, -0.2) is 31.7 Å². The molecule has 0 bridgehead atoms. The van der Waals surface area contributed by atoms with Crippen molar-refractivity contribution < 1.29 is 16.9 Å². The minimum atomic E-state index is 0. The van der Waals surface area contributed by atoms with Gasteiger partial charge in [0, 0.05) is 39.0 Å². The van der Waals surface area contributed by atoms with Crippen LogP contribution in [0.3, 0.4) is 0 Å². The molecule has 0 unspecified atom stereocenters. The molecule has 35 heavy (non-hydrogen) atoms. The Labute approximate surface area is 233 Å². The summed E-state index contributed by atoms with van der Waals surface area (Å²) in [6.07, 6.45) is 1.03. The molecule has 184 valence electrons. The molecule has 0 aliphatic carbocycles. The molecule has 2 nitrogen and oxygen atoms in total. The number of hydrogen-bond acceptors (Lipinski definition) is 2. The van der Waals surface area contributed by atoms with Crippen LogP contribution in [0.25, 0.3) is 10.8 Å². The highest BCUT2D eigenvalue weighted by atomic mass is 35.5. The maximum absolute atomic E-state index is 6.34. The molecule has 4 rings (SSSR count). The summed E-state index contributed by atoms with van der Waals surface area (Å²) in [5.74, 6) is 0. The first kappa shape index (κ1) is 28.0. The van der Waals surface area contributed by atoms with Crippen LogP contribution in [0.15, 0.2) is 88.7 Å². The van der Waals surface area contributed by atoms with Gasteiger partial charge in [-0.15, -0.1) is 0 Å². The van der Waals surface area contributed by atoms with Crippen molar-refractivity contribution in [2.75, 3.05) is 32.5 Å². The fourth-order valence-electron chi connectivity index (χ4n) is 4.07. The Kier molecular flexibility index (Phi) is 10.1. The minimum Gasteiger partial charge on any atom is -1.00 e. The highest BCUT2D eigenvalue weighted by Gasteiger charge is 2.16. The Morgan fingerprint density at radius 2 is 1.57 bits per heavy atom. The van der Waals surface area contributed by atoms with E-state index in [0.29, 0.717) is 10.0 Å². The standard InChI is InChI=1S/C28H28Cl3N2S.ClH/c1-33(2,19-20-11-13-24(30)25(31)17-20)16-6-15-32-26-18-22(29)12-14-28(26)34-27-10-5-8-21-7-3-4-9-23(21)27;/h3-5,7-14,17-18,32H,6,15-16,19H2,1-2H3;1H/q+1;/p-1. The predicted molar refractivity (Wildman–Crippen MR) is 150 cm³/mol. The molecule has 1 N–H and O–H groups in total. The van der Waals surface area contributed by atoms with Gasteiger partial charge in [0.1, 0.15) is 6.54 Å². The Bertz CT molecular complexity index is 1290. The molecule has 7 heteroatoms. The van der Waals surface area contributed by atoms with Crippen LogP contribution in [0, 0.1) is 0 Å². The van der Waals surface area contributed by atoms with E-state index < -0.39 is 0 Å². The molecule has 0 radical (unpaired) electrons. The van der Waals surface area contributed by atoms with Crippen LogP contribution in [0.2, 0.25) is 15.1 Å². The van der Waals surface area contributed by atoms with Crippen molar-refractivity contribution in [2.45, 2.75) is 22.8 Å². The summed E-state index contributed by atoms with van der Waals surface area (Å²) in [7, 11) is 4.48. The number of anilines is 1. The van der Waals surface area contributed by atoms with Gasteiger partial charge >= 0.3 is 0 Å². The van der Waals surface area contributed by atoms with Gasteiger partial charge in [-0.05, 0) is 47.2 Å². The van der Waals surface area contributed by atoms with Gasteiger partial charge in [-0.3, -0.25) is 0 Å². The lowest BCUT2D eigenvalue weighted by atomic mass is 10.1. The fraction of sp³-hybridized carbons (Fsp3) is 0.214. The summed E-state index contributed by atoms with van der Waals surface area (Å²) in [6, 6.07) is 26.9. The van der Waals surface area contributed by atoms with Gasteiger partial charge in [-0.2, -0.15) is 0 Å². The number of fused-ring (bicyclic) bond motifs is 1. The molecule has 0 aliphatic rings. The molecule has 4 aromatic carbocycles. The first-order chi connectivity index (χ1) is 16.3. The van der Waals surface area contributed by atoms with E-state index in [0.717, 1.165) is 41.2 Å². The minimum absolute atomic E-state index is 0. The molecule has 0 fully saturated rings. The molecule has 0 aromatic heterocycles. The zero-order valence-corrected chi connectivity index (χ0v) is 23.5. The van der Waals surface area contributed by atoms with Gasteiger partial charge in [0.05, 0.1) is 30.7 Å². The summed E-state index contributed by atoms with van der Waals surface area (Å²) in [5, 5.41) is 8.07. The van der Waals surface area contributed by atoms with Crippen LogP contribution in [0.4, 0.5) is 5.69 Å². The van der Waals surface area contributed by atoms with Gasteiger partial charge < -0.3 is 22.2 Å². The number of halogens is 4.